The van der Waals surface area contributed by atoms with Gasteiger partial charge in [0.2, 0.25) is 0 Å². The Bertz CT molecular complexity index is 734. The first-order valence-corrected chi connectivity index (χ1v) is 9.38. The van der Waals surface area contributed by atoms with E-state index in [1.165, 1.54) is 5.56 Å². The maximum Gasteiger partial charge on any atom is 0.276 e. The third-order valence-corrected chi connectivity index (χ3v) is 4.99. The maximum absolute atomic E-state index is 12.9. The van der Waals surface area contributed by atoms with Crippen molar-refractivity contribution in [2.75, 3.05) is 19.6 Å². The molecule has 0 spiro atoms. The van der Waals surface area contributed by atoms with Crippen LogP contribution in [0.2, 0.25) is 0 Å². The normalized spacial score (nSPS) is 18.9. The van der Waals surface area contributed by atoms with Gasteiger partial charge in [0, 0.05) is 32.2 Å². The molecule has 0 aliphatic carbocycles. The monoisotopic (exact) mass is 355 g/mol. The summed E-state index contributed by atoms with van der Waals surface area (Å²) in [5, 5.41) is 8.23. The molecule has 1 amide bonds. The standard InChI is InChI=1S/C20H29N5O/c1-5-17-14-24(12-11-23(17)13-16-9-7-6-8-10-16)19(26)18-15-25(22-21-18)20(2,3)4/h6-10,15,17H,5,11-14H2,1-4H3. The van der Waals surface area contributed by atoms with Crippen LogP contribution in [0, 0.1) is 0 Å². The summed E-state index contributed by atoms with van der Waals surface area (Å²) in [5.41, 5.74) is 1.58. The number of carbonyl (C=O) groups excluding carboxylic acids is 1. The van der Waals surface area contributed by atoms with E-state index in [-0.39, 0.29) is 11.4 Å². The Morgan fingerprint density at radius 1 is 1.19 bits per heavy atom. The SMILES string of the molecule is CCC1CN(C(=O)c2cn(C(C)(C)C)nn2)CCN1Cc1ccccc1. The minimum atomic E-state index is -0.175. The highest BCUT2D eigenvalue weighted by Gasteiger charge is 2.30. The molecule has 3 rings (SSSR count). The molecule has 1 atom stereocenters. The first-order valence-electron chi connectivity index (χ1n) is 9.38. The lowest BCUT2D eigenvalue weighted by Gasteiger charge is -2.41. The van der Waals surface area contributed by atoms with Gasteiger partial charge < -0.3 is 4.90 Å². The van der Waals surface area contributed by atoms with Gasteiger partial charge in [-0.3, -0.25) is 9.69 Å². The van der Waals surface area contributed by atoms with Crippen molar-refractivity contribution in [3.8, 4) is 0 Å². The Kier molecular flexibility index (Phi) is 5.41. The fourth-order valence-electron chi connectivity index (χ4n) is 3.34. The molecule has 140 valence electrons. The van der Waals surface area contributed by atoms with Crippen molar-refractivity contribution in [2.24, 2.45) is 0 Å². The van der Waals surface area contributed by atoms with Gasteiger partial charge in [-0.1, -0.05) is 42.5 Å². The topological polar surface area (TPSA) is 54.3 Å². The largest absolute Gasteiger partial charge is 0.334 e. The van der Waals surface area contributed by atoms with Crippen LogP contribution in [-0.4, -0.2) is 56.4 Å². The molecule has 0 radical (unpaired) electrons. The first kappa shape index (κ1) is 18.6. The van der Waals surface area contributed by atoms with Crippen molar-refractivity contribution >= 4 is 5.91 Å². The lowest BCUT2D eigenvalue weighted by Crippen LogP contribution is -2.54. The van der Waals surface area contributed by atoms with E-state index in [4.69, 9.17) is 0 Å². The zero-order chi connectivity index (χ0) is 18.7. The molecule has 0 bridgehead atoms. The highest BCUT2D eigenvalue weighted by atomic mass is 16.2. The van der Waals surface area contributed by atoms with E-state index in [0.717, 1.165) is 32.6 Å². The van der Waals surface area contributed by atoms with Gasteiger partial charge in [-0.15, -0.1) is 5.10 Å². The minimum Gasteiger partial charge on any atom is -0.334 e. The number of aromatic nitrogens is 3. The lowest BCUT2D eigenvalue weighted by atomic mass is 10.1. The molecule has 1 aromatic heterocycles. The molecule has 1 fully saturated rings. The summed E-state index contributed by atoms with van der Waals surface area (Å²) >= 11 is 0. The van der Waals surface area contributed by atoms with Crippen LogP contribution in [0.4, 0.5) is 0 Å². The molecule has 2 heterocycles. The Morgan fingerprint density at radius 2 is 1.92 bits per heavy atom. The van der Waals surface area contributed by atoms with Crippen LogP contribution >= 0.6 is 0 Å². The molecule has 1 aliphatic rings. The van der Waals surface area contributed by atoms with Gasteiger partial charge in [-0.05, 0) is 32.8 Å². The molecule has 1 unspecified atom stereocenters. The second-order valence-electron chi connectivity index (χ2n) is 7.99. The Hall–Kier alpha value is -2.21. The van der Waals surface area contributed by atoms with Gasteiger partial charge in [0.1, 0.15) is 0 Å². The number of piperazine rings is 1. The molecule has 6 heteroatoms. The van der Waals surface area contributed by atoms with E-state index >= 15 is 0 Å². The summed E-state index contributed by atoms with van der Waals surface area (Å²) in [5.74, 6) is -0.0155. The first-order chi connectivity index (χ1) is 12.4. The Labute approximate surface area is 155 Å². The van der Waals surface area contributed by atoms with Crippen LogP contribution in [0.1, 0.15) is 50.2 Å². The summed E-state index contributed by atoms with van der Waals surface area (Å²) in [4.78, 5) is 17.3. The number of benzene rings is 1. The average Bonchev–Trinajstić information content (AvgIpc) is 3.13. The zero-order valence-corrected chi connectivity index (χ0v) is 16.2. The van der Waals surface area contributed by atoms with Crippen LogP contribution in [-0.2, 0) is 12.1 Å². The van der Waals surface area contributed by atoms with E-state index < -0.39 is 0 Å². The highest BCUT2D eigenvalue weighted by Crippen LogP contribution is 2.19. The van der Waals surface area contributed by atoms with Crippen molar-refractivity contribution in [1.29, 1.82) is 0 Å². The predicted molar refractivity (Wildman–Crippen MR) is 102 cm³/mol. The molecule has 6 nitrogen and oxygen atoms in total. The molecule has 0 saturated carbocycles. The summed E-state index contributed by atoms with van der Waals surface area (Å²) in [7, 11) is 0. The number of carbonyl (C=O) groups is 1. The van der Waals surface area contributed by atoms with Gasteiger partial charge in [-0.25, -0.2) is 4.68 Å². The number of nitrogens with zero attached hydrogens (tertiary/aromatic N) is 5. The second kappa shape index (κ2) is 7.58. The van der Waals surface area contributed by atoms with Gasteiger partial charge in [0.15, 0.2) is 5.69 Å². The quantitative estimate of drug-likeness (QED) is 0.846. The number of hydrogen-bond donors (Lipinski definition) is 0. The van der Waals surface area contributed by atoms with E-state index in [1.807, 2.05) is 31.7 Å². The number of rotatable bonds is 4. The van der Waals surface area contributed by atoms with Gasteiger partial charge in [0.25, 0.3) is 5.91 Å². The van der Waals surface area contributed by atoms with Gasteiger partial charge in [-0.2, -0.15) is 0 Å². The molecular formula is C20H29N5O. The van der Waals surface area contributed by atoms with Crippen LogP contribution < -0.4 is 0 Å². The molecule has 1 aromatic carbocycles. The maximum atomic E-state index is 12.9. The van der Waals surface area contributed by atoms with Gasteiger partial charge >= 0.3 is 0 Å². The molecular weight excluding hydrogens is 326 g/mol. The fraction of sp³-hybridized carbons (Fsp3) is 0.550. The Morgan fingerprint density at radius 3 is 2.54 bits per heavy atom. The van der Waals surface area contributed by atoms with E-state index in [1.54, 1.807) is 10.9 Å². The number of hydrogen-bond acceptors (Lipinski definition) is 4. The van der Waals surface area contributed by atoms with Gasteiger partial charge in [0.05, 0.1) is 11.7 Å². The van der Waals surface area contributed by atoms with Crippen molar-refractivity contribution in [3.05, 3.63) is 47.8 Å². The van der Waals surface area contributed by atoms with Crippen molar-refractivity contribution < 1.29 is 4.79 Å². The molecule has 1 saturated heterocycles. The average molecular weight is 355 g/mol. The lowest BCUT2D eigenvalue weighted by molar-refractivity contribution is 0.0446. The van der Waals surface area contributed by atoms with Crippen LogP contribution in [0.25, 0.3) is 0 Å². The van der Waals surface area contributed by atoms with Crippen molar-refractivity contribution in [3.63, 3.8) is 0 Å². The third kappa shape index (κ3) is 4.12. The van der Waals surface area contributed by atoms with E-state index in [9.17, 15) is 4.79 Å². The summed E-state index contributed by atoms with van der Waals surface area (Å²) in [6, 6.07) is 10.9. The van der Waals surface area contributed by atoms with Crippen LogP contribution in [0.15, 0.2) is 36.5 Å². The van der Waals surface area contributed by atoms with Crippen LogP contribution in [0.5, 0.6) is 0 Å². The molecule has 2 aromatic rings. The Balaban J connectivity index is 1.66. The molecule has 1 aliphatic heterocycles. The molecule has 26 heavy (non-hydrogen) atoms. The van der Waals surface area contributed by atoms with E-state index in [2.05, 4.69) is 46.4 Å². The second-order valence-corrected chi connectivity index (χ2v) is 7.99. The third-order valence-electron chi connectivity index (χ3n) is 4.99. The highest BCUT2D eigenvalue weighted by molar-refractivity contribution is 5.92. The fourth-order valence-corrected chi connectivity index (χ4v) is 3.34. The molecule has 0 N–H and O–H groups in total. The summed E-state index contributed by atoms with van der Waals surface area (Å²) in [6.07, 6.45) is 2.78. The number of amides is 1. The van der Waals surface area contributed by atoms with Crippen LogP contribution in [0.3, 0.4) is 0 Å². The summed E-state index contributed by atoms with van der Waals surface area (Å²) < 4.78 is 1.75. The smallest absolute Gasteiger partial charge is 0.276 e. The van der Waals surface area contributed by atoms with Crippen molar-refractivity contribution in [1.82, 2.24) is 24.8 Å². The van der Waals surface area contributed by atoms with E-state index in [0.29, 0.717) is 11.7 Å². The summed E-state index contributed by atoms with van der Waals surface area (Å²) in [6.45, 7) is 11.6. The zero-order valence-electron chi connectivity index (χ0n) is 16.2. The predicted octanol–water partition coefficient (Wildman–Crippen LogP) is 2.77. The minimum absolute atomic E-state index is 0.0155. The van der Waals surface area contributed by atoms with Crippen molar-refractivity contribution in [2.45, 2.75) is 52.2 Å².